The zero-order chi connectivity index (χ0) is 26.4. The molecular weight excluding hydrogens is 476 g/mol. The molecule has 5 heteroatoms. The minimum atomic E-state index is -0.913. The van der Waals surface area contributed by atoms with Crippen LogP contribution >= 0.6 is 0 Å². The molecule has 0 N–H and O–H groups in total. The second-order valence-corrected chi connectivity index (χ2v) is 10.4. The second kappa shape index (κ2) is 12.6. The van der Waals surface area contributed by atoms with Gasteiger partial charge in [0, 0.05) is 5.56 Å². The summed E-state index contributed by atoms with van der Waals surface area (Å²) in [6.45, 7) is 4.41. The van der Waals surface area contributed by atoms with Gasteiger partial charge in [-0.3, -0.25) is 0 Å². The van der Waals surface area contributed by atoms with Gasteiger partial charge in [-0.25, -0.2) is 13.2 Å². The number of rotatable bonds is 10. The van der Waals surface area contributed by atoms with E-state index in [1.165, 1.54) is 6.07 Å². The van der Waals surface area contributed by atoms with Crippen molar-refractivity contribution in [1.82, 2.24) is 0 Å². The summed E-state index contributed by atoms with van der Waals surface area (Å²) in [5.41, 5.74) is 2.81. The lowest BCUT2D eigenvalue weighted by atomic mass is 9.76. The molecule has 0 bridgehead atoms. The minimum Gasteiger partial charge on any atom is -0.490 e. The highest BCUT2D eigenvalue weighted by atomic mass is 19.2. The lowest BCUT2D eigenvalue weighted by molar-refractivity contribution is 0.284. The standard InChI is InChI=1S/C32H36F4O/c1-3-4-5-20-37-28-19-16-25(29(33)32(28)36)15-10-22-8-13-24(14-9-22)27-18-17-26(30(34)31(27)35)23-11-6-21(2)7-12-23/h6-7,11-12,16-19,22,24H,3-5,8-10,13-15,20H2,1-2H3. The van der Waals surface area contributed by atoms with E-state index in [1.54, 1.807) is 30.3 Å². The molecule has 0 spiro atoms. The van der Waals surface area contributed by atoms with Gasteiger partial charge in [-0.15, -0.1) is 0 Å². The molecule has 3 aromatic rings. The van der Waals surface area contributed by atoms with Crippen molar-refractivity contribution in [3.8, 4) is 16.9 Å². The van der Waals surface area contributed by atoms with Crippen molar-refractivity contribution in [3.05, 3.63) is 88.5 Å². The first-order valence-electron chi connectivity index (χ1n) is 13.5. The van der Waals surface area contributed by atoms with Gasteiger partial charge in [0.15, 0.2) is 23.2 Å². The van der Waals surface area contributed by atoms with Gasteiger partial charge in [-0.05, 0) is 86.5 Å². The zero-order valence-corrected chi connectivity index (χ0v) is 21.8. The number of hydrogen-bond acceptors (Lipinski definition) is 1. The largest absolute Gasteiger partial charge is 0.490 e. The van der Waals surface area contributed by atoms with Gasteiger partial charge in [0.2, 0.25) is 5.82 Å². The molecule has 0 atom stereocenters. The highest BCUT2D eigenvalue weighted by Gasteiger charge is 2.27. The van der Waals surface area contributed by atoms with Crippen LogP contribution in [0.25, 0.3) is 11.1 Å². The molecule has 0 heterocycles. The van der Waals surface area contributed by atoms with Gasteiger partial charge >= 0.3 is 0 Å². The summed E-state index contributed by atoms with van der Waals surface area (Å²) < 4.78 is 64.4. The van der Waals surface area contributed by atoms with E-state index in [0.29, 0.717) is 35.6 Å². The summed E-state index contributed by atoms with van der Waals surface area (Å²) in [5, 5.41) is 0. The Bertz CT molecular complexity index is 1180. The molecule has 198 valence electrons. The smallest absolute Gasteiger partial charge is 0.200 e. The van der Waals surface area contributed by atoms with Crippen LogP contribution in [-0.4, -0.2) is 6.61 Å². The molecule has 37 heavy (non-hydrogen) atoms. The van der Waals surface area contributed by atoms with Crippen LogP contribution in [0.2, 0.25) is 0 Å². The molecule has 0 unspecified atom stereocenters. The van der Waals surface area contributed by atoms with Crippen molar-refractivity contribution >= 4 is 0 Å². The molecule has 1 aliphatic carbocycles. The maximum absolute atomic E-state index is 15.0. The van der Waals surface area contributed by atoms with Gasteiger partial charge in [0.25, 0.3) is 0 Å². The summed E-state index contributed by atoms with van der Waals surface area (Å²) in [7, 11) is 0. The Morgan fingerprint density at radius 2 is 1.49 bits per heavy atom. The van der Waals surface area contributed by atoms with Gasteiger partial charge < -0.3 is 4.74 Å². The van der Waals surface area contributed by atoms with E-state index in [-0.39, 0.29) is 17.2 Å². The fourth-order valence-corrected chi connectivity index (χ4v) is 5.37. The average Bonchev–Trinajstić information content (AvgIpc) is 2.91. The van der Waals surface area contributed by atoms with Crippen LogP contribution in [0.1, 0.15) is 80.9 Å². The molecule has 1 saturated carbocycles. The highest BCUT2D eigenvalue weighted by Crippen LogP contribution is 2.40. The van der Waals surface area contributed by atoms with Gasteiger partial charge in [-0.2, -0.15) is 4.39 Å². The minimum absolute atomic E-state index is 0.0273. The summed E-state index contributed by atoms with van der Waals surface area (Å²) >= 11 is 0. The molecule has 3 aromatic carbocycles. The molecule has 1 nitrogen and oxygen atoms in total. The molecule has 0 amide bonds. The van der Waals surface area contributed by atoms with Crippen molar-refractivity contribution < 1.29 is 22.3 Å². The van der Waals surface area contributed by atoms with Gasteiger partial charge in [0.1, 0.15) is 0 Å². The number of ether oxygens (including phenoxy) is 1. The molecule has 4 rings (SSSR count). The third-order valence-corrected chi connectivity index (χ3v) is 7.72. The van der Waals surface area contributed by atoms with Crippen molar-refractivity contribution in [3.63, 3.8) is 0 Å². The third kappa shape index (κ3) is 6.55. The highest BCUT2D eigenvalue weighted by molar-refractivity contribution is 5.65. The van der Waals surface area contributed by atoms with Crippen LogP contribution in [0.4, 0.5) is 17.6 Å². The predicted octanol–water partition coefficient (Wildman–Crippen LogP) is 9.69. The Kier molecular flexibility index (Phi) is 9.28. The van der Waals surface area contributed by atoms with Crippen LogP contribution < -0.4 is 4.74 Å². The fourth-order valence-electron chi connectivity index (χ4n) is 5.37. The summed E-state index contributed by atoms with van der Waals surface area (Å²) in [5.74, 6) is -2.99. The number of unbranched alkanes of at least 4 members (excludes halogenated alkanes) is 2. The maximum Gasteiger partial charge on any atom is 0.200 e. The molecule has 1 aliphatic rings. The summed E-state index contributed by atoms with van der Waals surface area (Å²) in [6, 6.07) is 13.9. The Balaban J connectivity index is 1.32. The van der Waals surface area contributed by atoms with E-state index in [4.69, 9.17) is 4.74 Å². The van der Waals surface area contributed by atoms with E-state index < -0.39 is 23.3 Å². The molecule has 0 saturated heterocycles. The molecule has 0 radical (unpaired) electrons. The van der Waals surface area contributed by atoms with Crippen LogP contribution in [0, 0.1) is 36.1 Å². The zero-order valence-electron chi connectivity index (χ0n) is 21.8. The monoisotopic (exact) mass is 512 g/mol. The van der Waals surface area contributed by atoms with Crippen molar-refractivity contribution in [2.45, 2.75) is 77.6 Å². The average molecular weight is 513 g/mol. The Hall–Kier alpha value is -2.82. The third-order valence-electron chi connectivity index (χ3n) is 7.72. The van der Waals surface area contributed by atoms with Crippen LogP contribution in [-0.2, 0) is 6.42 Å². The molecular formula is C32H36F4O. The quantitative estimate of drug-likeness (QED) is 0.194. The Morgan fingerprint density at radius 3 is 2.19 bits per heavy atom. The predicted molar refractivity (Wildman–Crippen MR) is 141 cm³/mol. The van der Waals surface area contributed by atoms with E-state index in [1.807, 2.05) is 19.1 Å². The van der Waals surface area contributed by atoms with Crippen molar-refractivity contribution in [2.24, 2.45) is 5.92 Å². The van der Waals surface area contributed by atoms with Crippen LogP contribution in [0.15, 0.2) is 48.5 Å². The van der Waals surface area contributed by atoms with E-state index in [0.717, 1.165) is 56.9 Å². The lowest BCUT2D eigenvalue weighted by Crippen LogP contribution is -2.16. The van der Waals surface area contributed by atoms with Crippen molar-refractivity contribution in [1.29, 1.82) is 0 Å². The Labute approximate surface area is 217 Å². The van der Waals surface area contributed by atoms with Gasteiger partial charge in [0.05, 0.1) is 6.61 Å². The van der Waals surface area contributed by atoms with E-state index in [9.17, 15) is 13.2 Å². The van der Waals surface area contributed by atoms with E-state index in [2.05, 4.69) is 6.92 Å². The van der Waals surface area contributed by atoms with Crippen LogP contribution in [0.3, 0.4) is 0 Å². The normalized spacial score (nSPS) is 17.7. The number of benzene rings is 3. The second-order valence-electron chi connectivity index (χ2n) is 10.4. The summed E-state index contributed by atoms with van der Waals surface area (Å²) in [4.78, 5) is 0. The SMILES string of the molecule is CCCCCOc1ccc(CCC2CCC(c3ccc(-c4ccc(C)cc4)c(F)c3F)CC2)c(F)c1F. The molecule has 0 aromatic heterocycles. The number of aryl methyl sites for hydroxylation is 2. The topological polar surface area (TPSA) is 9.23 Å². The molecule has 1 fully saturated rings. The van der Waals surface area contributed by atoms with E-state index >= 15 is 4.39 Å². The maximum atomic E-state index is 15.0. The first-order chi connectivity index (χ1) is 17.9. The first kappa shape index (κ1) is 27.2. The fraction of sp³-hybridized carbons (Fsp3) is 0.438. The summed E-state index contributed by atoms with van der Waals surface area (Å²) in [6.07, 6.45) is 7.25. The number of hydrogen-bond donors (Lipinski definition) is 0. The lowest BCUT2D eigenvalue weighted by Gasteiger charge is -2.29. The molecule has 0 aliphatic heterocycles. The Morgan fingerprint density at radius 1 is 0.757 bits per heavy atom. The van der Waals surface area contributed by atoms with Crippen molar-refractivity contribution in [2.75, 3.05) is 6.61 Å². The number of halogens is 4. The first-order valence-corrected chi connectivity index (χ1v) is 13.5. The van der Waals surface area contributed by atoms with Gasteiger partial charge in [-0.1, -0.05) is 67.8 Å². The van der Waals surface area contributed by atoms with Crippen LogP contribution in [0.5, 0.6) is 5.75 Å².